The molecule has 1 aromatic heterocycles. The first-order valence-corrected chi connectivity index (χ1v) is 6.09. The maximum atomic E-state index is 6.02. The Balaban J connectivity index is 2.32. The molecule has 0 aliphatic rings. The first kappa shape index (κ1) is 12.1. The van der Waals surface area contributed by atoms with Gasteiger partial charge in [-0.3, -0.25) is 0 Å². The molecule has 0 saturated heterocycles. The Hall–Kier alpha value is -1.33. The van der Waals surface area contributed by atoms with E-state index < -0.39 is 0 Å². The Morgan fingerprint density at radius 1 is 1.29 bits per heavy atom. The summed E-state index contributed by atoms with van der Waals surface area (Å²) in [5.41, 5.74) is 0.898. The molecule has 0 fully saturated rings. The Labute approximate surface area is 113 Å². The summed E-state index contributed by atoms with van der Waals surface area (Å²) in [4.78, 5) is 8.26. The molecule has 1 heterocycles. The fraction of sp³-hybridized carbons (Fsp3) is 0.0909. The first-order chi connectivity index (χ1) is 8.20. The summed E-state index contributed by atoms with van der Waals surface area (Å²) >= 11 is 9.47. The summed E-state index contributed by atoms with van der Waals surface area (Å²) in [7, 11) is 1.76. The summed E-state index contributed by atoms with van der Waals surface area (Å²) < 4.78 is 0.945. The van der Waals surface area contributed by atoms with Crippen LogP contribution >= 0.6 is 27.5 Å². The van der Waals surface area contributed by atoms with Crippen LogP contribution in [-0.2, 0) is 0 Å². The Morgan fingerprint density at radius 2 is 2.06 bits per heavy atom. The number of nitrogens with zero attached hydrogens (tertiary/aromatic N) is 2. The van der Waals surface area contributed by atoms with Gasteiger partial charge in [0, 0.05) is 11.5 Å². The zero-order chi connectivity index (χ0) is 12.3. The third-order valence-corrected chi connectivity index (χ3v) is 3.06. The number of hydrogen-bond acceptors (Lipinski definition) is 4. The molecule has 2 N–H and O–H groups in total. The van der Waals surface area contributed by atoms with Gasteiger partial charge < -0.3 is 10.6 Å². The van der Waals surface area contributed by atoms with Gasteiger partial charge in [0.1, 0.15) is 5.02 Å². The highest BCUT2D eigenvalue weighted by Crippen LogP contribution is 2.28. The van der Waals surface area contributed by atoms with E-state index in [9.17, 15) is 0 Å². The SMILES string of the molecule is CNc1ncc(Cl)c(Nc2ccccc2Br)n1. The average molecular weight is 314 g/mol. The molecule has 0 aliphatic heterocycles. The van der Waals surface area contributed by atoms with Gasteiger partial charge in [-0.05, 0) is 28.1 Å². The van der Waals surface area contributed by atoms with E-state index in [1.807, 2.05) is 24.3 Å². The van der Waals surface area contributed by atoms with E-state index in [2.05, 4.69) is 36.5 Å². The molecule has 0 unspecified atom stereocenters. The van der Waals surface area contributed by atoms with Crippen LogP contribution in [0.5, 0.6) is 0 Å². The number of halogens is 2. The normalized spacial score (nSPS) is 10.1. The molecule has 2 aromatic rings. The van der Waals surface area contributed by atoms with E-state index in [0.717, 1.165) is 10.2 Å². The van der Waals surface area contributed by atoms with E-state index in [1.165, 1.54) is 0 Å². The summed E-state index contributed by atoms with van der Waals surface area (Å²) in [5, 5.41) is 6.48. The van der Waals surface area contributed by atoms with Crippen LogP contribution in [0.15, 0.2) is 34.9 Å². The highest BCUT2D eigenvalue weighted by molar-refractivity contribution is 9.10. The fourth-order valence-electron chi connectivity index (χ4n) is 1.27. The molecule has 0 saturated carbocycles. The summed E-state index contributed by atoms with van der Waals surface area (Å²) in [5.74, 6) is 1.09. The smallest absolute Gasteiger partial charge is 0.224 e. The summed E-state index contributed by atoms with van der Waals surface area (Å²) in [6.45, 7) is 0. The number of benzene rings is 1. The van der Waals surface area contributed by atoms with Crippen molar-refractivity contribution < 1.29 is 0 Å². The molecular weight excluding hydrogens is 304 g/mol. The lowest BCUT2D eigenvalue weighted by molar-refractivity contribution is 1.15. The number of anilines is 3. The van der Waals surface area contributed by atoms with Crippen molar-refractivity contribution in [3.8, 4) is 0 Å². The lowest BCUT2D eigenvalue weighted by Gasteiger charge is -2.09. The van der Waals surface area contributed by atoms with Gasteiger partial charge in [-0.25, -0.2) is 4.98 Å². The lowest BCUT2D eigenvalue weighted by atomic mass is 10.3. The molecule has 0 amide bonds. The monoisotopic (exact) mass is 312 g/mol. The van der Waals surface area contributed by atoms with Gasteiger partial charge in [0.05, 0.1) is 11.9 Å². The van der Waals surface area contributed by atoms with Crippen molar-refractivity contribution in [1.29, 1.82) is 0 Å². The van der Waals surface area contributed by atoms with Crippen LogP contribution in [0.2, 0.25) is 5.02 Å². The van der Waals surface area contributed by atoms with Gasteiger partial charge in [-0.2, -0.15) is 4.98 Å². The molecule has 0 bridgehead atoms. The molecule has 0 radical (unpaired) electrons. The number of hydrogen-bond donors (Lipinski definition) is 2. The highest BCUT2D eigenvalue weighted by Gasteiger charge is 2.06. The number of aromatic nitrogens is 2. The molecule has 1 aromatic carbocycles. The van der Waals surface area contributed by atoms with Crippen LogP contribution in [-0.4, -0.2) is 17.0 Å². The zero-order valence-corrected chi connectivity index (χ0v) is 11.4. The first-order valence-electron chi connectivity index (χ1n) is 4.92. The van der Waals surface area contributed by atoms with Gasteiger partial charge in [-0.15, -0.1) is 0 Å². The van der Waals surface area contributed by atoms with Gasteiger partial charge in [0.25, 0.3) is 0 Å². The van der Waals surface area contributed by atoms with E-state index in [4.69, 9.17) is 11.6 Å². The number of para-hydroxylation sites is 1. The van der Waals surface area contributed by atoms with Crippen molar-refractivity contribution in [3.63, 3.8) is 0 Å². The van der Waals surface area contributed by atoms with Crippen LogP contribution < -0.4 is 10.6 Å². The largest absolute Gasteiger partial charge is 0.357 e. The van der Waals surface area contributed by atoms with E-state index >= 15 is 0 Å². The molecule has 0 atom stereocenters. The van der Waals surface area contributed by atoms with Crippen molar-refractivity contribution in [3.05, 3.63) is 40.0 Å². The molecule has 88 valence electrons. The standard InChI is InChI=1S/C11H10BrClN4/c1-14-11-15-6-8(13)10(17-11)16-9-5-3-2-4-7(9)12/h2-6H,1H3,(H2,14,15,16,17). The summed E-state index contributed by atoms with van der Waals surface area (Å²) in [6, 6.07) is 7.75. The van der Waals surface area contributed by atoms with Crippen molar-refractivity contribution >= 4 is 45.0 Å². The second-order valence-corrected chi connectivity index (χ2v) is 4.51. The van der Waals surface area contributed by atoms with Crippen molar-refractivity contribution in [2.24, 2.45) is 0 Å². The number of rotatable bonds is 3. The van der Waals surface area contributed by atoms with Gasteiger partial charge in [-0.1, -0.05) is 23.7 Å². The molecular formula is C11H10BrClN4. The predicted molar refractivity (Wildman–Crippen MR) is 74.0 cm³/mol. The van der Waals surface area contributed by atoms with Crippen molar-refractivity contribution in [2.75, 3.05) is 17.7 Å². The number of nitrogens with one attached hydrogen (secondary N) is 2. The second kappa shape index (κ2) is 5.33. The second-order valence-electron chi connectivity index (χ2n) is 3.24. The van der Waals surface area contributed by atoms with E-state index in [0.29, 0.717) is 16.8 Å². The predicted octanol–water partition coefficient (Wildman–Crippen LogP) is 3.68. The topological polar surface area (TPSA) is 49.8 Å². The Morgan fingerprint density at radius 3 is 2.76 bits per heavy atom. The minimum Gasteiger partial charge on any atom is -0.357 e. The quantitative estimate of drug-likeness (QED) is 0.907. The van der Waals surface area contributed by atoms with Crippen LogP contribution in [0.4, 0.5) is 17.5 Å². The van der Waals surface area contributed by atoms with Crippen LogP contribution in [0.25, 0.3) is 0 Å². The molecule has 0 aliphatic carbocycles. The highest BCUT2D eigenvalue weighted by atomic mass is 79.9. The van der Waals surface area contributed by atoms with Crippen LogP contribution in [0, 0.1) is 0 Å². The van der Waals surface area contributed by atoms with Crippen LogP contribution in [0.1, 0.15) is 0 Å². The lowest BCUT2D eigenvalue weighted by Crippen LogP contribution is -2.01. The van der Waals surface area contributed by atoms with Gasteiger partial charge >= 0.3 is 0 Å². The van der Waals surface area contributed by atoms with Crippen LogP contribution in [0.3, 0.4) is 0 Å². The zero-order valence-electron chi connectivity index (χ0n) is 9.04. The van der Waals surface area contributed by atoms with E-state index in [-0.39, 0.29) is 0 Å². The average Bonchev–Trinajstić information content (AvgIpc) is 2.35. The van der Waals surface area contributed by atoms with Crippen molar-refractivity contribution in [2.45, 2.75) is 0 Å². The fourth-order valence-corrected chi connectivity index (χ4v) is 1.79. The summed E-state index contributed by atoms with van der Waals surface area (Å²) in [6.07, 6.45) is 1.56. The Bertz CT molecular complexity index is 533. The minimum absolute atomic E-state index is 0.472. The minimum atomic E-state index is 0.472. The Kier molecular flexibility index (Phi) is 3.81. The third-order valence-electron chi connectivity index (χ3n) is 2.09. The van der Waals surface area contributed by atoms with E-state index in [1.54, 1.807) is 13.2 Å². The molecule has 2 rings (SSSR count). The van der Waals surface area contributed by atoms with Gasteiger partial charge in [0.2, 0.25) is 5.95 Å². The van der Waals surface area contributed by atoms with Gasteiger partial charge in [0.15, 0.2) is 5.82 Å². The molecule has 0 spiro atoms. The molecule has 4 nitrogen and oxygen atoms in total. The maximum Gasteiger partial charge on any atom is 0.224 e. The third kappa shape index (κ3) is 2.87. The maximum absolute atomic E-state index is 6.02. The molecule has 6 heteroatoms. The molecule has 17 heavy (non-hydrogen) atoms. The van der Waals surface area contributed by atoms with Crippen molar-refractivity contribution in [1.82, 2.24) is 9.97 Å².